The van der Waals surface area contributed by atoms with Crippen LogP contribution >= 0.6 is 11.6 Å². The van der Waals surface area contributed by atoms with Gasteiger partial charge in [-0.2, -0.15) is 5.10 Å². The molecule has 0 N–H and O–H groups in total. The monoisotopic (exact) mass is 381 g/mol. The fourth-order valence-electron chi connectivity index (χ4n) is 2.96. The van der Waals surface area contributed by atoms with Crippen molar-refractivity contribution in [3.05, 3.63) is 75.2 Å². The molecule has 0 atom stereocenters. The van der Waals surface area contributed by atoms with E-state index in [9.17, 15) is 4.79 Å². The molecule has 0 fully saturated rings. The van der Waals surface area contributed by atoms with Gasteiger partial charge >= 0.3 is 0 Å². The van der Waals surface area contributed by atoms with E-state index in [-0.39, 0.29) is 11.1 Å². The van der Waals surface area contributed by atoms with Crippen LogP contribution in [-0.4, -0.2) is 22.0 Å². The molecule has 0 spiro atoms. The van der Waals surface area contributed by atoms with Gasteiger partial charge in [0.05, 0.1) is 19.0 Å². The standard InChI is InChI=1S/C20H16ClN3O3/c1-12-17-18(14-5-9-16(26-2)10-6-14)22-24(20(25)19(17)23-27-12)11-13-3-7-15(21)8-4-13/h3-10H,11H2,1-2H3. The van der Waals surface area contributed by atoms with Crippen LogP contribution in [0, 0.1) is 6.92 Å². The highest BCUT2D eigenvalue weighted by Crippen LogP contribution is 2.28. The minimum Gasteiger partial charge on any atom is -0.497 e. The Morgan fingerprint density at radius 1 is 1.11 bits per heavy atom. The second-order valence-corrected chi connectivity index (χ2v) is 6.57. The van der Waals surface area contributed by atoms with Gasteiger partial charge in [0, 0.05) is 10.6 Å². The van der Waals surface area contributed by atoms with Crippen LogP contribution in [0.25, 0.3) is 22.2 Å². The van der Waals surface area contributed by atoms with E-state index in [1.54, 1.807) is 26.2 Å². The average molecular weight is 382 g/mol. The van der Waals surface area contributed by atoms with Gasteiger partial charge < -0.3 is 9.26 Å². The Hall–Kier alpha value is -3.12. The first-order valence-electron chi connectivity index (χ1n) is 8.33. The summed E-state index contributed by atoms with van der Waals surface area (Å²) in [6.45, 7) is 2.08. The van der Waals surface area contributed by atoms with Gasteiger partial charge in [-0.15, -0.1) is 0 Å². The first-order chi connectivity index (χ1) is 13.1. The molecule has 0 saturated carbocycles. The van der Waals surface area contributed by atoms with Crippen molar-refractivity contribution in [2.24, 2.45) is 0 Å². The van der Waals surface area contributed by atoms with Gasteiger partial charge in [0.25, 0.3) is 5.56 Å². The molecule has 2 aromatic carbocycles. The number of benzene rings is 2. The number of ether oxygens (including phenoxy) is 1. The minimum atomic E-state index is -0.297. The Labute approximate surface area is 159 Å². The molecule has 136 valence electrons. The number of nitrogens with zero attached hydrogens (tertiary/aromatic N) is 3. The molecule has 0 bridgehead atoms. The van der Waals surface area contributed by atoms with Crippen molar-refractivity contribution < 1.29 is 9.26 Å². The first kappa shape index (κ1) is 17.3. The lowest BCUT2D eigenvalue weighted by Gasteiger charge is -2.09. The molecule has 27 heavy (non-hydrogen) atoms. The van der Waals surface area contributed by atoms with E-state index < -0.39 is 0 Å². The Bertz CT molecular complexity index is 1160. The summed E-state index contributed by atoms with van der Waals surface area (Å²) in [5.74, 6) is 1.30. The first-order valence-corrected chi connectivity index (χ1v) is 8.70. The van der Waals surface area contributed by atoms with Crippen molar-refractivity contribution in [3.63, 3.8) is 0 Å². The van der Waals surface area contributed by atoms with Crippen LogP contribution in [0.1, 0.15) is 11.3 Å². The Morgan fingerprint density at radius 2 is 1.81 bits per heavy atom. The van der Waals surface area contributed by atoms with Gasteiger partial charge in [-0.3, -0.25) is 4.79 Å². The molecule has 7 heteroatoms. The maximum absolute atomic E-state index is 12.8. The van der Waals surface area contributed by atoms with Crippen molar-refractivity contribution in [1.82, 2.24) is 14.9 Å². The highest BCUT2D eigenvalue weighted by atomic mass is 35.5. The summed E-state index contributed by atoms with van der Waals surface area (Å²) in [5, 5.41) is 9.83. The van der Waals surface area contributed by atoms with E-state index >= 15 is 0 Å². The second-order valence-electron chi connectivity index (χ2n) is 6.13. The maximum Gasteiger partial charge on any atom is 0.297 e. The molecule has 0 aliphatic carbocycles. The van der Waals surface area contributed by atoms with Crippen molar-refractivity contribution in [2.45, 2.75) is 13.5 Å². The number of fused-ring (bicyclic) bond motifs is 1. The smallest absolute Gasteiger partial charge is 0.297 e. The average Bonchev–Trinajstić information content (AvgIpc) is 3.08. The quantitative estimate of drug-likeness (QED) is 0.533. The fraction of sp³-hybridized carbons (Fsp3) is 0.150. The van der Waals surface area contributed by atoms with Crippen molar-refractivity contribution in [2.75, 3.05) is 7.11 Å². The van der Waals surface area contributed by atoms with E-state index in [0.29, 0.717) is 28.4 Å². The largest absolute Gasteiger partial charge is 0.497 e. The van der Waals surface area contributed by atoms with Crippen LogP contribution in [0.2, 0.25) is 5.02 Å². The predicted molar refractivity (Wildman–Crippen MR) is 103 cm³/mol. The van der Waals surface area contributed by atoms with Crippen LogP contribution in [0.5, 0.6) is 5.75 Å². The number of rotatable bonds is 4. The maximum atomic E-state index is 12.8. The zero-order chi connectivity index (χ0) is 19.0. The van der Waals surface area contributed by atoms with E-state index in [2.05, 4.69) is 10.3 Å². The van der Waals surface area contributed by atoms with E-state index in [0.717, 1.165) is 16.9 Å². The number of hydrogen-bond donors (Lipinski definition) is 0. The van der Waals surface area contributed by atoms with Crippen LogP contribution in [0.15, 0.2) is 57.8 Å². The molecule has 0 aliphatic rings. The highest BCUT2D eigenvalue weighted by molar-refractivity contribution is 6.30. The zero-order valence-corrected chi connectivity index (χ0v) is 15.5. The van der Waals surface area contributed by atoms with Crippen LogP contribution in [0.3, 0.4) is 0 Å². The lowest BCUT2D eigenvalue weighted by molar-refractivity contribution is 0.405. The Kier molecular flexibility index (Phi) is 4.41. The molecule has 0 unspecified atom stereocenters. The van der Waals surface area contributed by atoms with Gasteiger partial charge in [0.15, 0.2) is 5.52 Å². The Morgan fingerprint density at radius 3 is 2.48 bits per heavy atom. The summed E-state index contributed by atoms with van der Waals surface area (Å²) in [6.07, 6.45) is 0. The zero-order valence-electron chi connectivity index (χ0n) is 14.8. The molecular weight excluding hydrogens is 366 g/mol. The highest BCUT2D eigenvalue weighted by Gasteiger charge is 2.19. The number of hydrogen-bond acceptors (Lipinski definition) is 5. The minimum absolute atomic E-state index is 0.266. The molecule has 4 rings (SSSR count). The lowest BCUT2D eigenvalue weighted by atomic mass is 10.1. The molecule has 0 amide bonds. The number of aromatic nitrogens is 3. The normalized spacial score (nSPS) is 11.1. The van der Waals surface area contributed by atoms with Gasteiger partial charge in [0.1, 0.15) is 17.2 Å². The van der Waals surface area contributed by atoms with E-state index in [4.69, 9.17) is 20.9 Å². The summed E-state index contributed by atoms with van der Waals surface area (Å²) >= 11 is 5.94. The van der Waals surface area contributed by atoms with Crippen LogP contribution < -0.4 is 10.3 Å². The molecule has 0 radical (unpaired) electrons. The van der Waals surface area contributed by atoms with Crippen molar-refractivity contribution in [3.8, 4) is 17.0 Å². The van der Waals surface area contributed by atoms with E-state index in [1.807, 2.05) is 36.4 Å². The number of halogens is 1. The third-order valence-electron chi connectivity index (χ3n) is 4.37. The van der Waals surface area contributed by atoms with E-state index in [1.165, 1.54) is 4.68 Å². The molecule has 0 saturated heterocycles. The summed E-state index contributed by atoms with van der Waals surface area (Å²) in [6, 6.07) is 14.8. The third-order valence-corrected chi connectivity index (χ3v) is 4.62. The van der Waals surface area contributed by atoms with Gasteiger partial charge in [-0.1, -0.05) is 28.9 Å². The van der Waals surface area contributed by atoms with Crippen LogP contribution in [-0.2, 0) is 6.54 Å². The number of aryl methyl sites for hydroxylation is 1. The Balaban J connectivity index is 1.88. The molecule has 6 nitrogen and oxygen atoms in total. The van der Waals surface area contributed by atoms with Crippen molar-refractivity contribution >= 4 is 22.5 Å². The van der Waals surface area contributed by atoms with Gasteiger partial charge in [-0.25, -0.2) is 4.68 Å². The lowest BCUT2D eigenvalue weighted by Crippen LogP contribution is -2.24. The third kappa shape index (κ3) is 3.19. The summed E-state index contributed by atoms with van der Waals surface area (Å²) in [7, 11) is 1.61. The van der Waals surface area contributed by atoms with Crippen LogP contribution in [0.4, 0.5) is 0 Å². The molecule has 4 aromatic rings. The summed E-state index contributed by atoms with van der Waals surface area (Å²) in [4.78, 5) is 12.8. The van der Waals surface area contributed by atoms with Gasteiger partial charge in [0.2, 0.25) is 0 Å². The number of methoxy groups -OCH3 is 1. The second kappa shape index (κ2) is 6.89. The molecular formula is C20H16ClN3O3. The molecule has 2 heterocycles. The summed E-state index contributed by atoms with van der Waals surface area (Å²) in [5.41, 5.74) is 2.36. The molecule has 0 aliphatic heterocycles. The fourth-order valence-corrected chi connectivity index (χ4v) is 3.08. The van der Waals surface area contributed by atoms with Crippen molar-refractivity contribution in [1.29, 1.82) is 0 Å². The topological polar surface area (TPSA) is 70.2 Å². The SMILES string of the molecule is COc1ccc(-c2nn(Cc3ccc(Cl)cc3)c(=O)c3noc(C)c23)cc1. The predicted octanol–water partition coefficient (Wildman–Crippen LogP) is 4.07. The summed E-state index contributed by atoms with van der Waals surface area (Å²) < 4.78 is 11.9. The van der Waals surface area contributed by atoms with Gasteiger partial charge in [-0.05, 0) is 48.9 Å². The molecule has 2 aromatic heterocycles.